The molecule has 8 aliphatic rings. The second-order valence-corrected chi connectivity index (χ2v) is 40.5. The van der Waals surface area contributed by atoms with Crippen LogP contribution < -0.4 is 40.9 Å². The van der Waals surface area contributed by atoms with E-state index in [0.717, 1.165) is 278 Å². The number of aromatic nitrogens is 16. The lowest BCUT2D eigenvalue weighted by Gasteiger charge is -2.31. The van der Waals surface area contributed by atoms with Crippen LogP contribution in [-0.2, 0) is 30.9 Å². The Kier molecular flexibility index (Phi) is 30.3. The van der Waals surface area contributed by atoms with Crippen molar-refractivity contribution in [3.63, 3.8) is 0 Å². The number of pyridine rings is 8. The van der Waals surface area contributed by atoms with Gasteiger partial charge < -0.3 is 50.7 Å². The number of benzene rings is 4. The minimum atomic E-state index is -2.63. The summed E-state index contributed by atoms with van der Waals surface area (Å²) in [6.45, 7) is 21.4. The number of nitrogens with zero attached hydrogens (tertiary/aromatic N) is 20. The van der Waals surface area contributed by atoms with Gasteiger partial charge in [0.1, 0.15) is 23.3 Å². The molecule has 0 spiro atoms. The van der Waals surface area contributed by atoms with Crippen molar-refractivity contribution in [3.05, 3.63) is 265 Å². The first kappa shape index (κ1) is 100. The minimum Gasteiger partial charge on any atom is -0.393 e. The maximum atomic E-state index is 13.6. The molecule has 150 heavy (non-hydrogen) atoms. The first-order chi connectivity index (χ1) is 73.0. The van der Waals surface area contributed by atoms with Gasteiger partial charge in [0, 0.05) is 237 Å². The van der Waals surface area contributed by atoms with Crippen LogP contribution in [0.15, 0.2) is 220 Å². The van der Waals surface area contributed by atoms with Crippen molar-refractivity contribution >= 4 is 113 Å². The molecular formula is C112H120F4N28O6. The molecule has 12 aromatic heterocycles. The van der Waals surface area contributed by atoms with E-state index in [0.29, 0.717) is 83.3 Å². The van der Waals surface area contributed by atoms with Crippen LogP contribution in [0.2, 0.25) is 0 Å². The van der Waals surface area contributed by atoms with Crippen molar-refractivity contribution in [2.24, 2.45) is 11.8 Å². The third-order valence-corrected chi connectivity index (χ3v) is 29.3. The van der Waals surface area contributed by atoms with Gasteiger partial charge in [-0.3, -0.25) is 79.1 Å². The number of carbonyl (C=O) groups is 4. The topological polar surface area (TPSA) is 390 Å². The predicted molar refractivity (Wildman–Crippen MR) is 572 cm³/mol. The molecule has 4 aromatic carbocycles. The first-order valence-electron chi connectivity index (χ1n) is 51.7. The first-order valence-corrected chi connectivity index (χ1v) is 51.7. The van der Waals surface area contributed by atoms with E-state index in [1.807, 2.05) is 163 Å². The normalized spacial score (nSPS) is 17.4. The van der Waals surface area contributed by atoms with E-state index in [4.69, 9.17) is 4.74 Å². The number of morpholine rings is 1. The number of anilines is 8. The number of aromatic amines is 4. The van der Waals surface area contributed by atoms with E-state index in [9.17, 15) is 41.8 Å². The van der Waals surface area contributed by atoms with E-state index >= 15 is 0 Å². The van der Waals surface area contributed by atoms with Gasteiger partial charge in [-0.05, 0) is 229 Å². The number of alkyl halides is 4. The molecule has 34 nitrogen and oxygen atoms in total. The number of rotatable bonds is 24. The van der Waals surface area contributed by atoms with Crippen LogP contribution in [0.1, 0.15) is 149 Å². The van der Waals surface area contributed by atoms with Gasteiger partial charge in [0.05, 0.1) is 95.5 Å². The molecule has 8 fully saturated rings. The van der Waals surface area contributed by atoms with Gasteiger partial charge in [-0.25, -0.2) is 37.5 Å². The van der Waals surface area contributed by atoms with E-state index in [1.54, 1.807) is 54.5 Å². The molecule has 20 heterocycles. The lowest BCUT2D eigenvalue weighted by atomic mass is 9.99. The summed E-state index contributed by atoms with van der Waals surface area (Å²) >= 11 is 0. The fraction of sp³-hybridized carbons (Fsp3) is 0.357. The van der Waals surface area contributed by atoms with Crippen molar-refractivity contribution in [2.45, 2.75) is 129 Å². The summed E-state index contributed by atoms with van der Waals surface area (Å²) in [6, 6.07) is 46.9. The maximum Gasteiger partial charge on any atom is 0.276 e. The van der Waals surface area contributed by atoms with Gasteiger partial charge >= 0.3 is 0 Å². The molecule has 9 N–H and O–H groups in total. The highest BCUT2D eigenvalue weighted by Crippen LogP contribution is 2.38. The van der Waals surface area contributed by atoms with Gasteiger partial charge in [-0.15, -0.1) is 0 Å². The number of H-pyrrole nitrogens is 4. The van der Waals surface area contributed by atoms with E-state index < -0.39 is 11.8 Å². The number of piperidine rings is 4. The van der Waals surface area contributed by atoms with Crippen molar-refractivity contribution in [1.29, 1.82) is 0 Å². The zero-order chi connectivity index (χ0) is 103. The number of aliphatic hydroxyl groups excluding tert-OH is 1. The SMILES string of the molecule is CC1CCN(c2ccc(NC(=O)c3n[nH]c4ccc(-c5cncc(CN6CCC(F)(F)C6)c5)cc34)cn2)CC1.CC1CCN(c2ccc(NC(=O)c3n[nH]c4ccc(-c5cncc(CN6CCC(F)(F)CC6)c5)cc34)cn2)CC1.O=C(Nc1ccc(N2CCC2)nc1)c1n[nH]c2ccc(-c3cncc(CN4CCC(O)CC4)c3)cc12.O=C(Nc1ccc(N2CCC2)nc1)c1n[nH]c2ccc(-c3cncc(CN4CCOCC4)c3)cc12. The van der Waals surface area contributed by atoms with E-state index in [2.05, 4.69) is 157 Å². The molecule has 24 rings (SSSR count). The van der Waals surface area contributed by atoms with Crippen LogP contribution in [0.4, 0.5) is 63.6 Å². The molecule has 772 valence electrons. The predicted octanol–water partition coefficient (Wildman–Crippen LogP) is 17.8. The second-order valence-electron chi connectivity index (χ2n) is 40.5. The van der Waals surface area contributed by atoms with Gasteiger partial charge in [0.2, 0.25) is 0 Å². The number of hydrogen-bond donors (Lipinski definition) is 9. The number of hydrogen-bond acceptors (Lipinski definition) is 26. The summed E-state index contributed by atoms with van der Waals surface area (Å²) in [7, 11) is 0. The molecule has 0 aliphatic carbocycles. The molecule has 0 radical (unpaired) electrons. The Morgan fingerprint density at radius 3 is 0.900 bits per heavy atom. The third kappa shape index (κ3) is 24.6. The van der Waals surface area contributed by atoms with Crippen LogP contribution in [0.3, 0.4) is 0 Å². The highest BCUT2D eigenvalue weighted by Gasteiger charge is 2.39. The Morgan fingerprint density at radius 2 is 0.613 bits per heavy atom. The average Bonchev–Trinajstić information content (AvgIpc) is 1.65. The Balaban J connectivity index is 0.000000117. The van der Waals surface area contributed by atoms with Crippen LogP contribution in [-0.4, -0.2) is 265 Å². The Bertz CT molecular complexity index is 7430. The summed E-state index contributed by atoms with van der Waals surface area (Å²) in [5.74, 6) is -1.19. The van der Waals surface area contributed by atoms with Gasteiger partial charge in [0.15, 0.2) is 22.8 Å². The summed E-state index contributed by atoms with van der Waals surface area (Å²) in [4.78, 5) is 106. The standard InChI is InChI=1S/C30H33F2N7O.C29H31F2N7O.C27H29N7O2.C26H27N7O2/c1-20-6-10-39(11-7-20)27-5-3-24(18-34-27)35-29(40)28-25-15-22(2-4-26(25)36-37-28)23-14-21(16-33-17-23)19-38-12-8-30(31,32)9-13-38;1-19-6-9-38(10-7-19)26-5-3-23(16-33-26)34-28(39)27-24-13-21(2-4-25(24)35-36-27)22-12-20(14-32-15-22)17-37-11-8-29(30,31)18-37;35-22-6-10-33(11-7-22)17-18-12-20(15-28-14-18)19-2-4-24-23(13-19)26(32-31-24)27(36)30-21-3-5-25(29-16-21)34-8-1-9-34;34-26(29-21-3-5-24(28-16-21)33-6-1-7-33)25-22-13-19(2-4-23(22)30-31-25)20-12-18(14-27-15-20)17-32-8-10-35-11-9-32/h2-5,14-18,20H,6-13,19H2,1H3,(H,35,40)(H,36,37);2-5,12-16,19H,6-11,17-18H2,1H3,(H,34,39)(H,35,36);2-5,12-16,22,35H,1,6-11,17H2,(H,30,36)(H,31,32);2-5,12-16H,1,6-11,17H2,(H,29,34)(H,30,31). The lowest BCUT2D eigenvalue weighted by Crippen LogP contribution is -2.38. The molecular weight excluding hydrogens is 1910 g/mol. The summed E-state index contributed by atoms with van der Waals surface area (Å²) in [6.07, 6.45) is 29.4. The average molecular weight is 2030 g/mol. The number of ether oxygens (including phenoxy) is 1. The zero-order valence-corrected chi connectivity index (χ0v) is 83.8. The maximum absolute atomic E-state index is 13.6. The Labute approximate surface area is 864 Å². The minimum absolute atomic E-state index is 0.111. The Hall–Kier alpha value is -15.5. The highest BCUT2D eigenvalue weighted by atomic mass is 19.3. The van der Waals surface area contributed by atoms with Crippen LogP contribution in [0.25, 0.3) is 88.1 Å². The molecule has 16 aromatic rings. The van der Waals surface area contributed by atoms with Crippen molar-refractivity contribution in [2.75, 3.05) is 159 Å². The number of halogens is 4. The van der Waals surface area contributed by atoms with Gasteiger partial charge in [-0.2, -0.15) is 20.4 Å². The molecule has 38 heteroatoms. The quantitative estimate of drug-likeness (QED) is 0.0254. The third-order valence-electron chi connectivity index (χ3n) is 29.3. The summed E-state index contributed by atoms with van der Waals surface area (Å²) < 4.78 is 59.7. The van der Waals surface area contributed by atoms with Crippen molar-refractivity contribution in [3.8, 4) is 44.5 Å². The number of fused-ring (bicyclic) bond motifs is 4. The molecule has 8 saturated heterocycles. The van der Waals surface area contributed by atoms with Crippen LogP contribution in [0, 0.1) is 11.8 Å². The fourth-order valence-electron chi connectivity index (χ4n) is 20.2. The van der Waals surface area contributed by atoms with Crippen LogP contribution >= 0.6 is 0 Å². The molecule has 4 amide bonds. The van der Waals surface area contributed by atoms with Crippen LogP contribution in [0.5, 0.6) is 0 Å². The number of aliphatic hydroxyl groups is 1. The van der Waals surface area contributed by atoms with Crippen molar-refractivity contribution < 1.29 is 46.6 Å². The number of likely N-dealkylation sites (tertiary alicyclic amines) is 3. The molecule has 0 bridgehead atoms. The number of carbonyl (C=O) groups excluding carboxylic acids is 4. The smallest absolute Gasteiger partial charge is 0.276 e. The molecule has 0 unspecified atom stereocenters. The summed E-state index contributed by atoms with van der Waals surface area (Å²) in [5, 5.41) is 53.3. The largest absolute Gasteiger partial charge is 0.393 e. The molecule has 8 aliphatic heterocycles. The van der Waals surface area contributed by atoms with E-state index in [-0.39, 0.29) is 61.2 Å². The molecule has 0 saturated carbocycles. The number of amides is 4. The number of nitrogens with one attached hydrogen (secondary N) is 8. The van der Waals surface area contributed by atoms with Gasteiger partial charge in [0.25, 0.3) is 35.5 Å². The second kappa shape index (κ2) is 45.3. The van der Waals surface area contributed by atoms with Crippen molar-refractivity contribution in [1.82, 2.24) is 100 Å². The van der Waals surface area contributed by atoms with E-state index in [1.165, 1.54) is 12.8 Å². The Morgan fingerprint density at radius 1 is 0.327 bits per heavy atom. The zero-order valence-electron chi connectivity index (χ0n) is 83.8. The molecule has 0 atom stereocenters. The lowest BCUT2D eigenvalue weighted by molar-refractivity contribution is -0.0566. The summed E-state index contributed by atoms with van der Waals surface area (Å²) in [5.41, 5.74) is 18.4. The van der Waals surface area contributed by atoms with Gasteiger partial charge in [-0.1, -0.05) is 38.1 Å². The monoisotopic (exact) mass is 2030 g/mol. The highest BCUT2D eigenvalue weighted by molar-refractivity contribution is 6.15. The fourth-order valence-corrected chi connectivity index (χ4v) is 20.2.